The molecule has 21 heteroatoms. The van der Waals surface area contributed by atoms with Gasteiger partial charge in [-0.1, -0.05) is 0 Å². The number of carbonyl (C=O) groups is 2. The Morgan fingerprint density at radius 1 is 1.00 bits per heavy atom. The molecular formula is C24H26Br4N11O5S+. The summed E-state index contributed by atoms with van der Waals surface area (Å²) >= 11 is 13.4. The van der Waals surface area contributed by atoms with Crippen LogP contribution < -0.4 is 27.4 Å². The number of amidine groups is 1. The number of nitrogens with zero attached hydrogens (tertiary/aromatic N) is 3. The third-order valence-corrected chi connectivity index (χ3v) is 11.4. The van der Waals surface area contributed by atoms with Crippen LogP contribution in [0.3, 0.4) is 0 Å². The first-order valence-corrected chi connectivity index (χ1v) is 17.8. The van der Waals surface area contributed by atoms with Gasteiger partial charge in [0.15, 0.2) is 11.6 Å². The van der Waals surface area contributed by atoms with E-state index in [4.69, 9.17) is 11.5 Å². The van der Waals surface area contributed by atoms with Gasteiger partial charge >= 0.3 is 5.96 Å². The van der Waals surface area contributed by atoms with Gasteiger partial charge in [0, 0.05) is 24.9 Å². The number of nitrogens with two attached hydrogens (primary N) is 2. The molecule has 0 unspecified atom stereocenters. The van der Waals surface area contributed by atoms with E-state index in [1.54, 1.807) is 22.9 Å². The van der Waals surface area contributed by atoms with Crippen LogP contribution in [0.4, 0.5) is 5.95 Å². The maximum absolute atomic E-state index is 13.2. The molecule has 0 spiro atoms. The molecule has 45 heavy (non-hydrogen) atoms. The van der Waals surface area contributed by atoms with Gasteiger partial charge < -0.3 is 31.3 Å². The summed E-state index contributed by atoms with van der Waals surface area (Å²) in [4.78, 5) is 43.7. The SMILES string of the molecule is NC1=[N+]2C(=C[C@@H](CNC(=O)c3cc(Br)c(Br)[nH]3)[C@H](CNC(=O)c3cc(Br)c(Br)[nH]3)[C@H]2c2cnc(N)[nH]2)C(=NCCS(=O)(=O)O)N1. The Morgan fingerprint density at radius 3 is 2.11 bits per heavy atom. The van der Waals surface area contributed by atoms with E-state index in [-0.39, 0.29) is 49.2 Å². The van der Waals surface area contributed by atoms with Gasteiger partial charge in [-0.3, -0.25) is 24.9 Å². The number of imidazole rings is 1. The molecule has 5 rings (SSSR count). The van der Waals surface area contributed by atoms with Crippen LogP contribution in [-0.4, -0.2) is 86.5 Å². The summed E-state index contributed by atoms with van der Waals surface area (Å²) in [6, 6.07) is 2.67. The molecule has 11 N–H and O–H groups in total. The highest BCUT2D eigenvalue weighted by molar-refractivity contribution is 9.13. The summed E-state index contributed by atoms with van der Waals surface area (Å²) in [7, 11) is -4.25. The molecule has 0 bridgehead atoms. The van der Waals surface area contributed by atoms with Crippen molar-refractivity contribution in [3.8, 4) is 0 Å². The van der Waals surface area contributed by atoms with Crippen LogP contribution in [0.5, 0.6) is 0 Å². The summed E-state index contributed by atoms with van der Waals surface area (Å²) in [5.74, 6) is -1.58. The maximum Gasteiger partial charge on any atom is 0.355 e. The van der Waals surface area contributed by atoms with Gasteiger partial charge in [0.1, 0.15) is 17.4 Å². The number of halogens is 4. The first-order valence-electron chi connectivity index (χ1n) is 13.1. The number of anilines is 1. The molecule has 0 aromatic carbocycles. The molecule has 3 aromatic heterocycles. The van der Waals surface area contributed by atoms with E-state index >= 15 is 0 Å². The Hall–Kier alpha value is -2.98. The Kier molecular flexibility index (Phi) is 9.94. The number of H-pyrrole nitrogens is 3. The van der Waals surface area contributed by atoms with Crippen LogP contribution in [-0.2, 0) is 10.1 Å². The molecule has 3 atom stereocenters. The van der Waals surface area contributed by atoms with Crippen molar-refractivity contribution in [2.24, 2.45) is 22.6 Å². The minimum atomic E-state index is -4.25. The van der Waals surface area contributed by atoms with Crippen molar-refractivity contribution in [3.05, 3.63) is 65.3 Å². The van der Waals surface area contributed by atoms with Crippen molar-refractivity contribution >= 4 is 103 Å². The quantitative estimate of drug-likeness (QED) is 0.106. The monoisotopic (exact) mass is 896 g/mol. The number of carbonyl (C=O) groups excluding carboxylic acids is 2. The van der Waals surface area contributed by atoms with E-state index in [0.29, 0.717) is 40.9 Å². The predicted molar refractivity (Wildman–Crippen MR) is 179 cm³/mol. The topological polar surface area (TPSA) is 252 Å². The second kappa shape index (κ2) is 13.4. The number of amides is 2. The molecule has 0 fully saturated rings. The second-order valence-corrected chi connectivity index (χ2v) is 14.9. The number of aromatic nitrogens is 4. The molecule has 0 saturated heterocycles. The first kappa shape index (κ1) is 33.4. The van der Waals surface area contributed by atoms with E-state index in [9.17, 15) is 22.6 Å². The molecule has 0 saturated carbocycles. The standard InChI is InChI=1S/C24H25Br4N11O5S/c25-11-4-13(35-18(11)27)21(40)32-6-9-3-16-20(31-1-2-45(42,43)44)38-24(30)39(16)17(15-8-34-23(29)37-15)10(9)7-33-22(41)14-5-12(26)19(28)36-14/h3-5,8-10,17H,1-2,6-7H2,(H10,29,30,31,32,33,34,35,36,37,38,40,41,42,43,44)/p+1/t9-,10-,17-/m0/s1. The normalized spacial score (nSPS) is 20.6. The van der Waals surface area contributed by atoms with Crippen LogP contribution in [0.2, 0.25) is 0 Å². The highest BCUT2D eigenvalue weighted by Crippen LogP contribution is 2.39. The van der Waals surface area contributed by atoms with Gasteiger partial charge in [-0.15, -0.1) is 0 Å². The minimum Gasteiger partial charge on any atom is -0.369 e. The molecule has 2 aliphatic rings. The minimum absolute atomic E-state index is 0.125. The van der Waals surface area contributed by atoms with Crippen molar-refractivity contribution in [2.45, 2.75) is 6.04 Å². The highest BCUT2D eigenvalue weighted by Gasteiger charge is 2.47. The summed E-state index contributed by atoms with van der Waals surface area (Å²) in [6.45, 7) is 0.0164. The molecule has 2 amide bonds. The summed E-state index contributed by atoms with van der Waals surface area (Å²) in [5, 5.41) is 8.90. The fourth-order valence-electron chi connectivity index (χ4n) is 5.10. The molecule has 0 radical (unpaired) electrons. The van der Waals surface area contributed by atoms with Crippen molar-refractivity contribution in [3.63, 3.8) is 0 Å². The van der Waals surface area contributed by atoms with Gasteiger partial charge in [-0.05, 0) is 81.9 Å². The summed E-state index contributed by atoms with van der Waals surface area (Å²) in [6.07, 6.45) is 3.40. The maximum atomic E-state index is 13.2. The van der Waals surface area contributed by atoms with Gasteiger partial charge in [0.25, 0.3) is 21.9 Å². The first-order chi connectivity index (χ1) is 21.2. The number of nitrogens with one attached hydrogen (secondary N) is 6. The number of hydrogen-bond acceptors (Lipinski definition) is 8. The molecule has 240 valence electrons. The van der Waals surface area contributed by atoms with Gasteiger partial charge in [-0.2, -0.15) is 8.42 Å². The Bertz CT molecular complexity index is 1820. The highest BCUT2D eigenvalue weighted by atomic mass is 79.9. The lowest BCUT2D eigenvalue weighted by Crippen LogP contribution is -2.46. The lowest BCUT2D eigenvalue weighted by Gasteiger charge is -2.36. The number of guanidine groups is 1. The lowest BCUT2D eigenvalue weighted by molar-refractivity contribution is -0.534. The lowest BCUT2D eigenvalue weighted by atomic mass is 9.80. The Balaban J connectivity index is 1.52. The zero-order chi connectivity index (χ0) is 32.6. The van der Waals surface area contributed by atoms with E-state index < -0.39 is 33.7 Å². The van der Waals surface area contributed by atoms with Crippen molar-refractivity contribution in [1.29, 1.82) is 0 Å². The van der Waals surface area contributed by atoms with Crippen LogP contribution >= 0.6 is 63.7 Å². The number of aliphatic imine (C=N–C) groups is 1. The zero-order valence-corrected chi connectivity index (χ0v) is 30.0. The number of nitrogen functional groups attached to an aromatic ring is 1. The average molecular weight is 900 g/mol. The van der Waals surface area contributed by atoms with Crippen molar-refractivity contribution in [2.75, 3.05) is 31.1 Å². The van der Waals surface area contributed by atoms with Gasteiger partial charge in [-0.25, -0.2) is 14.9 Å². The average Bonchev–Trinajstić information content (AvgIpc) is 3.72. The fourth-order valence-corrected chi connectivity index (χ4v) is 6.74. The molecule has 16 nitrogen and oxygen atoms in total. The van der Waals surface area contributed by atoms with Crippen LogP contribution in [0, 0.1) is 11.8 Å². The van der Waals surface area contributed by atoms with Gasteiger partial charge in [0.05, 0.1) is 42.3 Å². The van der Waals surface area contributed by atoms with E-state index in [0.717, 1.165) is 0 Å². The fraction of sp³-hybridized carbons (Fsp3) is 0.292. The zero-order valence-electron chi connectivity index (χ0n) is 22.9. The molecular weight excluding hydrogens is 874 g/mol. The molecule has 3 aromatic rings. The molecule has 2 aliphatic heterocycles. The number of fused-ring (bicyclic) bond motifs is 1. The van der Waals surface area contributed by atoms with Crippen molar-refractivity contribution in [1.82, 2.24) is 35.9 Å². The third-order valence-electron chi connectivity index (χ3n) is 7.10. The summed E-state index contributed by atoms with van der Waals surface area (Å²) < 4.78 is 36.2. The predicted octanol–water partition coefficient (Wildman–Crippen LogP) is 1.95. The number of hydrogen-bond donors (Lipinski definition) is 9. The second-order valence-electron chi connectivity index (χ2n) is 10.1. The summed E-state index contributed by atoms with van der Waals surface area (Å²) in [5.41, 5.74) is 14.1. The van der Waals surface area contributed by atoms with E-state index in [2.05, 4.69) is 105 Å². The van der Waals surface area contributed by atoms with Crippen LogP contribution in [0.15, 0.2) is 53.2 Å². The Labute approximate surface area is 289 Å². The van der Waals surface area contributed by atoms with Crippen molar-refractivity contribution < 1.29 is 27.1 Å². The van der Waals surface area contributed by atoms with E-state index in [1.165, 1.54) is 0 Å². The Morgan fingerprint density at radius 2 is 1.60 bits per heavy atom. The molecule has 0 aliphatic carbocycles. The third kappa shape index (κ3) is 7.54. The smallest absolute Gasteiger partial charge is 0.355 e. The molecule has 5 heterocycles. The van der Waals surface area contributed by atoms with E-state index in [1.807, 2.05) is 6.08 Å². The number of aromatic amines is 3. The van der Waals surface area contributed by atoms with Crippen LogP contribution in [0.25, 0.3) is 0 Å². The number of rotatable bonds is 10. The van der Waals surface area contributed by atoms with Gasteiger partial charge in [0.2, 0.25) is 5.84 Å². The van der Waals surface area contributed by atoms with Crippen LogP contribution in [0.1, 0.15) is 32.7 Å². The largest absolute Gasteiger partial charge is 0.369 e.